The van der Waals surface area contributed by atoms with Crippen molar-refractivity contribution in [3.05, 3.63) is 67.9 Å². The van der Waals surface area contributed by atoms with Crippen molar-refractivity contribution in [3.63, 3.8) is 0 Å². The van der Waals surface area contributed by atoms with Crippen LogP contribution in [0.2, 0.25) is 0 Å². The topological polar surface area (TPSA) is 158 Å². The molecule has 1 aromatic carbocycles. The summed E-state index contributed by atoms with van der Waals surface area (Å²) in [6.07, 6.45) is -0.224. The summed E-state index contributed by atoms with van der Waals surface area (Å²) < 4.78 is 36.0. The zero-order chi connectivity index (χ0) is 25.6. The van der Waals surface area contributed by atoms with Crippen LogP contribution in [0.3, 0.4) is 0 Å². The molecule has 1 aromatic heterocycles. The summed E-state index contributed by atoms with van der Waals surface area (Å²) in [6, 6.07) is 7.15. The van der Waals surface area contributed by atoms with Crippen LogP contribution in [0.5, 0.6) is 5.75 Å². The lowest BCUT2D eigenvalue weighted by molar-refractivity contribution is -0.142. The number of carbonyl (C=O) groups is 1. The number of nitrogens with one attached hydrogen (secondary N) is 2. The van der Waals surface area contributed by atoms with Gasteiger partial charge < -0.3 is 19.1 Å². The molecular formula is C21H25BrN3O9P. The van der Waals surface area contributed by atoms with Crippen molar-refractivity contribution in [1.82, 2.24) is 14.6 Å². The van der Waals surface area contributed by atoms with E-state index in [-0.39, 0.29) is 17.7 Å². The molecule has 0 saturated carbocycles. The number of carbonyl (C=O) groups excluding carboxylic acids is 1. The minimum Gasteiger partial charge on any atom is -0.468 e. The standard InChI is InChI=1S/C21H25BrN3O9P/c1-13(20(28)31-2)24-35(30,34-15-6-4-3-5-7-15)32-12-17-16(26)10-18(33-17)25-11-14(8-9-22)19(27)23-21(25)29/h3-9,11,13,16-18,26H,10,12H2,1-2H3,(H,24,30)(H,23,27,29)/b9-8+. The van der Waals surface area contributed by atoms with Gasteiger partial charge in [0.2, 0.25) is 0 Å². The van der Waals surface area contributed by atoms with Crippen molar-refractivity contribution in [2.75, 3.05) is 13.7 Å². The maximum Gasteiger partial charge on any atom is 0.459 e. The molecule has 0 radical (unpaired) electrons. The van der Waals surface area contributed by atoms with Gasteiger partial charge in [-0.15, -0.1) is 0 Å². The van der Waals surface area contributed by atoms with Crippen LogP contribution >= 0.6 is 23.7 Å². The Balaban J connectivity index is 1.75. The molecule has 1 aliphatic heterocycles. The number of rotatable bonds is 10. The summed E-state index contributed by atoms with van der Waals surface area (Å²) in [6.45, 7) is 1.03. The molecule has 14 heteroatoms. The number of aliphatic hydroxyl groups excluding tert-OH is 1. The number of H-pyrrole nitrogens is 1. The van der Waals surface area contributed by atoms with Gasteiger partial charge in [0, 0.05) is 12.6 Å². The third-order valence-electron chi connectivity index (χ3n) is 5.04. The quantitative estimate of drug-likeness (QED) is 0.283. The van der Waals surface area contributed by atoms with E-state index in [1.54, 1.807) is 30.3 Å². The van der Waals surface area contributed by atoms with Crippen molar-refractivity contribution in [1.29, 1.82) is 0 Å². The van der Waals surface area contributed by atoms with E-state index in [1.807, 2.05) is 0 Å². The fourth-order valence-corrected chi connectivity index (χ4v) is 5.07. The van der Waals surface area contributed by atoms with Gasteiger partial charge >= 0.3 is 19.4 Å². The highest BCUT2D eigenvalue weighted by Gasteiger charge is 2.39. The average Bonchev–Trinajstić information content (AvgIpc) is 3.19. The molecule has 3 rings (SSSR count). The van der Waals surface area contributed by atoms with Crippen LogP contribution in [-0.2, 0) is 23.4 Å². The Labute approximate surface area is 208 Å². The van der Waals surface area contributed by atoms with Crippen LogP contribution in [0.25, 0.3) is 6.08 Å². The van der Waals surface area contributed by atoms with Crippen LogP contribution in [0.1, 0.15) is 25.1 Å². The summed E-state index contributed by atoms with van der Waals surface area (Å²) in [5.41, 5.74) is -1.10. The second-order valence-electron chi connectivity index (χ2n) is 7.55. The van der Waals surface area contributed by atoms with Crippen LogP contribution in [-0.4, -0.2) is 52.6 Å². The summed E-state index contributed by atoms with van der Waals surface area (Å²) in [4.78, 5) is 39.7. The molecule has 2 aromatic rings. The predicted octanol–water partition coefficient (Wildman–Crippen LogP) is 1.91. The Morgan fingerprint density at radius 2 is 2.11 bits per heavy atom. The molecule has 1 fully saturated rings. The van der Waals surface area contributed by atoms with Crippen molar-refractivity contribution in [2.24, 2.45) is 0 Å². The molecule has 1 aliphatic rings. The van der Waals surface area contributed by atoms with Crippen LogP contribution < -0.4 is 20.9 Å². The Bertz CT molecular complexity index is 1220. The smallest absolute Gasteiger partial charge is 0.459 e. The second kappa shape index (κ2) is 11.9. The van der Waals surface area contributed by atoms with Gasteiger partial charge in [0.1, 0.15) is 24.1 Å². The number of benzene rings is 1. The van der Waals surface area contributed by atoms with E-state index in [0.717, 1.165) is 4.57 Å². The van der Waals surface area contributed by atoms with Gasteiger partial charge in [0.25, 0.3) is 5.56 Å². The molecule has 5 atom stereocenters. The first-order chi connectivity index (χ1) is 16.7. The SMILES string of the molecule is COC(=O)C(C)NP(=O)(OCC1OC(n2cc(/C=C/Br)c(=O)[nH]c2=O)CC1O)Oc1ccccc1. The summed E-state index contributed by atoms with van der Waals surface area (Å²) in [5, 5.41) is 13.0. The van der Waals surface area contributed by atoms with Gasteiger partial charge in [-0.1, -0.05) is 34.1 Å². The van der Waals surface area contributed by atoms with Gasteiger partial charge in [-0.25, -0.2) is 9.36 Å². The number of hydrogen-bond donors (Lipinski definition) is 3. The molecule has 3 N–H and O–H groups in total. The lowest BCUT2D eigenvalue weighted by Gasteiger charge is -2.24. The largest absolute Gasteiger partial charge is 0.468 e. The summed E-state index contributed by atoms with van der Waals surface area (Å²) in [5.74, 6) is -0.466. The molecule has 5 unspecified atom stereocenters. The van der Waals surface area contributed by atoms with Crippen LogP contribution in [0.4, 0.5) is 0 Å². The first-order valence-electron chi connectivity index (χ1n) is 10.5. The molecule has 0 spiro atoms. The number of aromatic amines is 1. The predicted molar refractivity (Wildman–Crippen MR) is 129 cm³/mol. The number of ether oxygens (including phenoxy) is 2. The number of esters is 1. The zero-order valence-electron chi connectivity index (χ0n) is 18.8. The number of halogens is 1. The molecule has 0 aliphatic carbocycles. The third kappa shape index (κ3) is 7.00. The van der Waals surface area contributed by atoms with Gasteiger partial charge in [-0.3, -0.25) is 23.7 Å². The van der Waals surface area contributed by atoms with E-state index in [4.69, 9.17) is 13.8 Å². The lowest BCUT2D eigenvalue weighted by Crippen LogP contribution is -2.36. The number of para-hydroxylation sites is 1. The Morgan fingerprint density at radius 1 is 1.40 bits per heavy atom. The Morgan fingerprint density at radius 3 is 2.77 bits per heavy atom. The van der Waals surface area contributed by atoms with E-state index in [1.165, 1.54) is 31.3 Å². The first kappa shape index (κ1) is 27.1. The van der Waals surface area contributed by atoms with E-state index >= 15 is 0 Å². The molecular weight excluding hydrogens is 549 g/mol. The fourth-order valence-electron chi connectivity index (χ4n) is 3.29. The maximum atomic E-state index is 13.4. The Hall–Kier alpha value is -2.54. The van der Waals surface area contributed by atoms with E-state index in [2.05, 4.69) is 30.7 Å². The van der Waals surface area contributed by atoms with E-state index in [9.17, 15) is 24.1 Å². The van der Waals surface area contributed by atoms with E-state index in [0.29, 0.717) is 0 Å². The molecule has 35 heavy (non-hydrogen) atoms. The highest BCUT2D eigenvalue weighted by atomic mass is 79.9. The zero-order valence-corrected chi connectivity index (χ0v) is 21.3. The highest BCUT2D eigenvalue weighted by molar-refractivity contribution is 9.11. The second-order valence-corrected chi connectivity index (χ2v) is 9.77. The Kier molecular flexibility index (Phi) is 9.22. The van der Waals surface area contributed by atoms with Gasteiger partial charge in [-0.05, 0) is 30.1 Å². The molecule has 12 nitrogen and oxygen atoms in total. The third-order valence-corrected chi connectivity index (χ3v) is 6.94. The minimum absolute atomic E-state index is 0.00722. The number of hydrogen-bond acceptors (Lipinski definition) is 9. The molecule has 0 amide bonds. The summed E-state index contributed by atoms with van der Waals surface area (Å²) >= 11 is 3.08. The van der Waals surface area contributed by atoms with Gasteiger partial charge in [0.15, 0.2) is 0 Å². The van der Waals surface area contributed by atoms with Crippen molar-refractivity contribution < 1.29 is 33.0 Å². The molecule has 190 valence electrons. The van der Waals surface area contributed by atoms with Crippen LogP contribution in [0, 0.1) is 0 Å². The van der Waals surface area contributed by atoms with Crippen molar-refractivity contribution in [2.45, 2.75) is 37.8 Å². The number of aliphatic hydroxyl groups is 1. The lowest BCUT2D eigenvalue weighted by atomic mass is 10.2. The fraction of sp³-hybridized carbons (Fsp3) is 0.381. The van der Waals surface area contributed by atoms with E-state index < -0.39 is 56.0 Å². The highest BCUT2D eigenvalue weighted by Crippen LogP contribution is 2.45. The van der Waals surface area contributed by atoms with Crippen molar-refractivity contribution >= 4 is 35.7 Å². The summed E-state index contributed by atoms with van der Waals surface area (Å²) in [7, 11) is -2.95. The molecule has 1 saturated heterocycles. The first-order valence-corrected chi connectivity index (χ1v) is 12.9. The number of aromatic nitrogens is 2. The number of nitrogens with zero attached hydrogens (tertiary/aromatic N) is 1. The number of methoxy groups -OCH3 is 1. The average molecular weight is 574 g/mol. The molecule has 2 heterocycles. The maximum absolute atomic E-state index is 13.4. The van der Waals surface area contributed by atoms with Gasteiger partial charge in [0.05, 0.1) is 25.4 Å². The van der Waals surface area contributed by atoms with Crippen LogP contribution in [0.15, 0.2) is 51.1 Å². The monoisotopic (exact) mass is 573 g/mol. The normalized spacial score (nSPS) is 22.6. The van der Waals surface area contributed by atoms with Crippen molar-refractivity contribution in [3.8, 4) is 5.75 Å². The molecule has 0 bridgehead atoms. The minimum atomic E-state index is -4.14. The van der Waals surface area contributed by atoms with Gasteiger partial charge in [-0.2, -0.15) is 5.09 Å².